The summed E-state index contributed by atoms with van der Waals surface area (Å²) in [5, 5.41) is 3.51. The molecule has 2 aliphatic rings. The van der Waals surface area contributed by atoms with Crippen molar-refractivity contribution in [2.75, 3.05) is 26.2 Å². The average Bonchev–Trinajstić information content (AvgIpc) is 2.51. The van der Waals surface area contributed by atoms with Crippen molar-refractivity contribution in [3.8, 4) is 0 Å². The molecule has 2 atom stereocenters. The van der Waals surface area contributed by atoms with Gasteiger partial charge >= 0.3 is 0 Å². The first-order valence-corrected chi connectivity index (χ1v) is 6.32. The molecule has 0 saturated carbocycles. The molecule has 2 fully saturated rings. The lowest BCUT2D eigenvalue weighted by Crippen LogP contribution is -2.41. The normalized spacial score (nSPS) is 36.6. The van der Waals surface area contributed by atoms with Crippen molar-refractivity contribution in [1.29, 1.82) is 0 Å². The Morgan fingerprint density at radius 2 is 1.57 bits per heavy atom. The Labute approximate surface area is 88.1 Å². The van der Waals surface area contributed by atoms with Gasteiger partial charge in [0.1, 0.15) is 0 Å². The summed E-state index contributed by atoms with van der Waals surface area (Å²) in [7, 11) is 0. The first kappa shape index (κ1) is 10.4. The number of likely N-dealkylation sites (tertiary alicyclic amines) is 1. The number of hydrogen-bond donors (Lipinski definition) is 1. The minimum Gasteiger partial charge on any atom is -0.315 e. The Bertz CT molecular complexity index is 162. The monoisotopic (exact) mass is 196 g/mol. The molecule has 0 bridgehead atoms. The Morgan fingerprint density at radius 1 is 0.929 bits per heavy atom. The molecule has 1 N–H and O–H groups in total. The van der Waals surface area contributed by atoms with Crippen molar-refractivity contribution in [3.63, 3.8) is 0 Å². The lowest BCUT2D eigenvalue weighted by Gasteiger charge is -2.32. The molecule has 0 aromatic carbocycles. The largest absolute Gasteiger partial charge is 0.315 e. The van der Waals surface area contributed by atoms with Crippen LogP contribution in [0.2, 0.25) is 0 Å². The van der Waals surface area contributed by atoms with Crippen molar-refractivity contribution in [1.82, 2.24) is 10.2 Å². The first-order chi connectivity index (χ1) is 6.88. The van der Waals surface area contributed by atoms with Gasteiger partial charge in [0.2, 0.25) is 0 Å². The van der Waals surface area contributed by atoms with E-state index in [-0.39, 0.29) is 0 Å². The van der Waals surface area contributed by atoms with Gasteiger partial charge in [-0.25, -0.2) is 0 Å². The van der Waals surface area contributed by atoms with Gasteiger partial charge in [-0.3, -0.25) is 4.90 Å². The molecule has 14 heavy (non-hydrogen) atoms. The maximum Gasteiger partial charge on any atom is 0.0258 e. The molecule has 0 aliphatic carbocycles. The van der Waals surface area contributed by atoms with Crippen LogP contribution >= 0.6 is 0 Å². The smallest absolute Gasteiger partial charge is 0.0258 e. The van der Waals surface area contributed by atoms with Crippen LogP contribution in [0.25, 0.3) is 0 Å². The topological polar surface area (TPSA) is 15.3 Å². The molecule has 2 unspecified atom stereocenters. The second-order valence-corrected chi connectivity index (χ2v) is 5.01. The summed E-state index contributed by atoms with van der Waals surface area (Å²) in [4.78, 5) is 2.74. The van der Waals surface area contributed by atoms with Gasteiger partial charge in [-0.05, 0) is 38.4 Å². The fraction of sp³-hybridized carbons (Fsp3) is 1.00. The molecular formula is C12H24N2. The maximum atomic E-state index is 3.51. The van der Waals surface area contributed by atoms with Crippen LogP contribution in [0, 0.1) is 5.92 Å². The summed E-state index contributed by atoms with van der Waals surface area (Å²) in [5.74, 6) is 0.856. The lowest BCUT2D eigenvalue weighted by molar-refractivity contribution is 0.163. The Balaban J connectivity index is 1.86. The van der Waals surface area contributed by atoms with Crippen LogP contribution in [0.1, 0.15) is 39.0 Å². The van der Waals surface area contributed by atoms with E-state index < -0.39 is 0 Å². The van der Waals surface area contributed by atoms with E-state index >= 15 is 0 Å². The minimum absolute atomic E-state index is 0.827. The molecule has 2 heterocycles. The zero-order chi connectivity index (χ0) is 9.80. The van der Waals surface area contributed by atoms with E-state index in [2.05, 4.69) is 17.1 Å². The number of hydrogen-bond acceptors (Lipinski definition) is 2. The minimum atomic E-state index is 0.827. The predicted molar refractivity (Wildman–Crippen MR) is 60.5 cm³/mol. The van der Waals surface area contributed by atoms with Crippen molar-refractivity contribution in [3.05, 3.63) is 0 Å². The molecular weight excluding hydrogens is 172 g/mol. The molecule has 0 radical (unpaired) electrons. The van der Waals surface area contributed by atoms with Crippen LogP contribution < -0.4 is 5.32 Å². The van der Waals surface area contributed by atoms with E-state index in [1.54, 1.807) is 0 Å². The number of nitrogens with zero attached hydrogens (tertiary/aromatic N) is 1. The summed E-state index contributed by atoms with van der Waals surface area (Å²) in [5.41, 5.74) is 0. The highest BCUT2D eigenvalue weighted by atomic mass is 15.2. The van der Waals surface area contributed by atoms with Crippen molar-refractivity contribution in [2.45, 2.75) is 45.1 Å². The van der Waals surface area contributed by atoms with Crippen LogP contribution in [-0.4, -0.2) is 37.1 Å². The van der Waals surface area contributed by atoms with Crippen molar-refractivity contribution >= 4 is 0 Å². The third kappa shape index (κ3) is 2.48. The third-order valence-corrected chi connectivity index (χ3v) is 3.84. The average molecular weight is 196 g/mol. The zero-order valence-electron chi connectivity index (χ0n) is 9.47. The highest BCUT2D eigenvalue weighted by Gasteiger charge is 2.28. The van der Waals surface area contributed by atoms with Gasteiger partial charge in [-0.15, -0.1) is 0 Å². The van der Waals surface area contributed by atoms with Gasteiger partial charge in [0.25, 0.3) is 0 Å². The molecule has 2 nitrogen and oxygen atoms in total. The van der Waals surface area contributed by atoms with Crippen LogP contribution in [0.5, 0.6) is 0 Å². The molecule has 82 valence electrons. The highest BCUT2D eigenvalue weighted by molar-refractivity contribution is 4.86. The van der Waals surface area contributed by atoms with Crippen LogP contribution in [0.3, 0.4) is 0 Å². The van der Waals surface area contributed by atoms with Crippen LogP contribution in [0.15, 0.2) is 0 Å². The molecule has 0 spiro atoms. The molecule has 2 saturated heterocycles. The fourth-order valence-corrected chi connectivity index (χ4v) is 2.89. The van der Waals surface area contributed by atoms with Gasteiger partial charge in [0.05, 0.1) is 0 Å². The van der Waals surface area contributed by atoms with E-state index in [1.807, 2.05) is 0 Å². The molecule has 2 rings (SSSR count). The SMILES string of the molecule is CC1CNCC1N1CCCCCCC1. The van der Waals surface area contributed by atoms with Crippen molar-refractivity contribution in [2.24, 2.45) is 5.92 Å². The summed E-state index contributed by atoms with van der Waals surface area (Å²) < 4.78 is 0. The third-order valence-electron chi connectivity index (χ3n) is 3.84. The number of nitrogens with one attached hydrogen (secondary N) is 1. The lowest BCUT2D eigenvalue weighted by atomic mass is 10.0. The molecule has 2 aliphatic heterocycles. The van der Waals surface area contributed by atoms with E-state index in [9.17, 15) is 0 Å². The Hall–Kier alpha value is -0.0800. The van der Waals surface area contributed by atoms with Gasteiger partial charge in [-0.1, -0.05) is 26.2 Å². The second-order valence-electron chi connectivity index (χ2n) is 5.01. The van der Waals surface area contributed by atoms with Gasteiger partial charge < -0.3 is 5.32 Å². The van der Waals surface area contributed by atoms with Crippen LogP contribution in [-0.2, 0) is 0 Å². The predicted octanol–water partition coefficient (Wildman–Crippen LogP) is 1.86. The fourth-order valence-electron chi connectivity index (χ4n) is 2.89. The number of rotatable bonds is 1. The molecule has 0 amide bonds. The maximum absolute atomic E-state index is 3.51. The van der Waals surface area contributed by atoms with E-state index in [0.717, 1.165) is 12.0 Å². The Morgan fingerprint density at radius 3 is 2.14 bits per heavy atom. The van der Waals surface area contributed by atoms with Gasteiger partial charge in [0, 0.05) is 12.6 Å². The second kappa shape index (κ2) is 5.13. The standard InChI is InChI=1S/C12H24N2/c1-11-9-13-10-12(11)14-7-5-3-2-4-6-8-14/h11-13H,2-10H2,1H3. The highest BCUT2D eigenvalue weighted by Crippen LogP contribution is 2.19. The zero-order valence-corrected chi connectivity index (χ0v) is 9.47. The van der Waals surface area contributed by atoms with E-state index in [4.69, 9.17) is 0 Å². The summed E-state index contributed by atoms with van der Waals surface area (Å²) in [6.07, 6.45) is 7.20. The van der Waals surface area contributed by atoms with E-state index in [0.29, 0.717) is 0 Å². The molecule has 0 aromatic rings. The summed E-state index contributed by atoms with van der Waals surface area (Å²) in [6.45, 7) is 7.53. The molecule has 2 heteroatoms. The van der Waals surface area contributed by atoms with E-state index in [1.165, 1.54) is 58.3 Å². The quantitative estimate of drug-likeness (QED) is 0.688. The Kier molecular flexibility index (Phi) is 3.82. The summed E-state index contributed by atoms with van der Waals surface area (Å²) >= 11 is 0. The van der Waals surface area contributed by atoms with Crippen LogP contribution in [0.4, 0.5) is 0 Å². The molecule has 0 aromatic heterocycles. The van der Waals surface area contributed by atoms with Gasteiger partial charge in [0.15, 0.2) is 0 Å². The first-order valence-electron chi connectivity index (χ1n) is 6.32. The summed E-state index contributed by atoms with van der Waals surface area (Å²) in [6, 6.07) is 0.827. The van der Waals surface area contributed by atoms with Gasteiger partial charge in [-0.2, -0.15) is 0 Å². The van der Waals surface area contributed by atoms with Crippen molar-refractivity contribution < 1.29 is 0 Å².